The number of rotatable bonds is 5. The summed E-state index contributed by atoms with van der Waals surface area (Å²) in [5.41, 5.74) is 0.755. The normalized spacial score (nSPS) is 20.1. The molecule has 6 heteroatoms. The molecule has 23 heavy (non-hydrogen) atoms. The molecule has 2 atom stereocenters. The summed E-state index contributed by atoms with van der Waals surface area (Å²) in [5.74, 6) is 0.184. The molecular formula is C17H26N2O3S. The van der Waals surface area contributed by atoms with E-state index >= 15 is 0 Å². The number of carbonyl (C=O) groups excluding carboxylic acids is 1. The third kappa shape index (κ3) is 4.25. The standard InChI is InChI=1S/C17H26N2O3S/c1-4-23(21,22)16-10-8-15(9-11-16)18-14(3)17(20)19-12-6-5-7-13(19)2/h8-11,13-14,18H,4-7,12H2,1-3H3. The van der Waals surface area contributed by atoms with Crippen LogP contribution >= 0.6 is 0 Å². The lowest BCUT2D eigenvalue weighted by atomic mass is 10.0. The van der Waals surface area contributed by atoms with E-state index in [-0.39, 0.29) is 23.7 Å². The fraction of sp³-hybridized carbons (Fsp3) is 0.588. The monoisotopic (exact) mass is 338 g/mol. The molecule has 1 aliphatic rings. The molecule has 0 bridgehead atoms. The maximum atomic E-state index is 12.6. The third-order valence-corrected chi connectivity index (χ3v) is 6.18. The number of carbonyl (C=O) groups is 1. The summed E-state index contributed by atoms with van der Waals surface area (Å²) in [4.78, 5) is 14.8. The fourth-order valence-corrected chi connectivity index (χ4v) is 3.80. The molecule has 1 aromatic rings. The van der Waals surface area contributed by atoms with Gasteiger partial charge in [-0.15, -0.1) is 0 Å². The molecule has 1 heterocycles. The van der Waals surface area contributed by atoms with Crippen LogP contribution in [0.3, 0.4) is 0 Å². The highest BCUT2D eigenvalue weighted by Crippen LogP contribution is 2.20. The summed E-state index contributed by atoms with van der Waals surface area (Å²) in [6, 6.07) is 6.56. The zero-order valence-electron chi connectivity index (χ0n) is 14.1. The summed E-state index contributed by atoms with van der Waals surface area (Å²) in [6.07, 6.45) is 3.30. The highest BCUT2D eigenvalue weighted by Gasteiger charge is 2.26. The second-order valence-corrected chi connectivity index (χ2v) is 8.45. The zero-order chi connectivity index (χ0) is 17.0. The van der Waals surface area contributed by atoms with Gasteiger partial charge in [0.1, 0.15) is 6.04 Å². The Hall–Kier alpha value is -1.56. The molecule has 1 aliphatic heterocycles. The molecule has 1 saturated heterocycles. The van der Waals surface area contributed by atoms with Gasteiger partial charge in [0, 0.05) is 18.3 Å². The molecule has 1 amide bonds. The van der Waals surface area contributed by atoms with E-state index < -0.39 is 9.84 Å². The number of hydrogen-bond acceptors (Lipinski definition) is 4. The predicted molar refractivity (Wildman–Crippen MR) is 92.3 cm³/mol. The molecule has 2 rings (SSSR count). The van der Waals surface area contributed by atoms with Crippen LogP contribution in [0.5, 0.6) is 0 Å². The van der Waals surface area contributed by atoms with E-state index in [0.717, 1.165) is 25.1 Å². The molecule has 1 aromatic carbocycles. The van der Waals surface area contributed by atoms with Gasteiger partial charge in [0.25, 0.3) is 0 Å². The highest BCUT2D eigenvalue weighted by molar-refractivity contribution is 7.91. The number of benzene rings is 1. The van der Waals surface area contributed by atoms with E-state index in [0.29, 0.717) is 4.90 Å². The first kappa shape index (κ1) is 17.8. The van der Waals surface area contributed by atoms with Crippen molar-refractivity contribution >= 4 is 21.4 Å². The highest BCUT2D eigenvalue weighted by atomic mass is 32.2. The Balaban J connectivity index is 2.02. The van der Waals surface area contributed by atoms with Crippen LogP contribution in [0.4, 0.5) is 5.69 Å². The van der Waals surface area contributed by atoms with Crippen molar-refractivity contribution in [2.45, 2.75) is 57.0 Å². The Bertz CT molecular complexity index is 640. The van der Waals surface area contributed by atoms with Gasteiger partial charge in [-0.3, -0.25) is 4.79 Å². The summed E-state index contributed by atoms with van der Waals surface area (Å²) < 4.78 is 23.6. The van der Waals surface area contributed by atoms with Gasteiger partial charge in [-0.1, -0.05) is 6.92 Å². The van der Waals surface area contributed by atoms with E-state index in [2.05, 4.69) is 12.2 Å². The average Bonchev–Trinajstić information content (AvgIpc) is 2.55. The first-order valence-electron chi connectivity index (χ1n) is 8.25. The molecule has 0 aliphatic carbocycles. The molecule has 0 aromatic heterocycles. The second kappa shape index (κ2) is 7.34. The van der Waals surface area contributed by atoms with Crippen LogP contribution in [-0.2, 0) is 14.6 Å². The molecule has 2 unspecified atom stereocenters. The molecular weight excluding hydrogens is 312 g/mol. The number of nitrogens with one attached hydrogen (secondary N) is 1. The van der Waals surface area contributed by atoms with Gasteiger partial charge >= 0.3 is 0 Å². The van der Waals surface area contributed by atoms with E-state index in [4.69, 9.17) is 0 Å². The lowest BCUT2D eigenvalue weighted by Gasteiger charge is -2.35. The van der Waals surface area contributed by atoms with Crippen molar-refractivity contribution in [3.05, 3.63) is 24.3 Å². The van der Waals surface area contributed by atoms with Crippen LogP contribution in [-0.4, -0.2) is 43.6 Å². The Labute approximate surface area is 139 Å². The first-order chi connectivity index (χ1) is 10.8. The van der Waals surface area contributed by atoms with E-state index in [9.17, 15) is 13.2 Å². The van der Waals surface area contributed by atoms with Crippen molar-refractivity contribution in [2.24, 2.45) is 0 Å². The van der Waals surface area contributed by atoms with Crippen LogP contribution in [0.1, 0.15) is 40.0 Å². The lowest BCUT2D eigenvalue weighted by Crippen LogP contribution is -2.48. The van der Waals surface area contributed by atoms with Gasteiger partial charge in [0.2, 0.25) is 5.91 Å². The molecule has 1 N–H and O–H groups in total. The number of likely N-dealkylation sites (tertiary alicyclic amines) is 1. The van der Waals surface area contributed by atoms with Crippen LogP contribution < -0.4 is 5.32 Å². The van der Waals surface area contributed by atoms with Crippen molar-refractivity contribution in [3.8, 4) is 0 Å². The summed E-state index contributed by atoms with van der Waals surface area (Å²) in [5, 5.41) is 3.17. The predicted octanol–water partition coefficient (Wildman–Crippen LogP) is 2.68. The van der Waals surface area contributed by atoms with Gasteiger partial charge < -0.3 is 10.2 Å². The van der Waals surface area contributed by atoms with Gasteiger partial charge in [-0.25, -0.2) is 8.42 Å². The van der Waals surface area contributed by atoms with Crippen LogP contribution in [0.15, 0.2) is 29.2 Å². The Morgan fingerprint density at radius 3 is 2.52 bits per heavy atom. The Morgan fingerprint density at radius 2 is 1.96 bits per heavy atom. The smallest absolute Gasteiger partial charge is 0.245 e. The third-order valence-electron chi connectivity index (χ3n) is 4.43. The van der Waals surface area contributed by atoms with Gasteiger partial charge in [-0.05, 0) is 57.4 Å². The van der Waals surface area contributed by atoms with Crippen LogP contribution in [0, 0.1) is 0 Å². The van der Waals surface area contributed by atoms with Gasteiger partial charge in [-0.2, -0.15) is 0 Å². The molecule has 1 fully saturated rings. The molecule has 128 valence electrons. The maximum Gasteiger partial charge on any atom is 0.245 e. The summed E-state index contributed by atoms with van der Waals surface area (Å²) in [7, 11) is -3.19. The number of nitrogens with zero attached hydrogens (tertiary/aromatic N) is 1. The van der Waals surface area contributed by atoms with Crippen molar-refractivity contribution < 1.29 is 13.2 Å². The molecule has 0 radical (unpaired) electrons. The average molecular weight is 338 g/mol. The number of piperidine rings is 1. The Morgan fingerprint density at radius 1 is 1.30 bits per heavy atom. The van der Waals surface area contributed by atoms with Gasteiger partial charge in [0.05, 0.1) is 10.6 Å². The number of amides is 1. The quantitative estimate of drug-likeness (QED) is 0.896. The molecule has 5 nitrogen and oxygen atoms in total. The molecule has 0 saturated carbocycles. The maximum absolute atomic E-state index is 12.6. The lowest BCUT2D eigenvalue weighted by molar-refractivity contribution is -0.134. The number of anilines is 1. The van der Waals surface area contributed by atoms with E-state index in [1.54, 1.807) is 31.2 Å². The fourth-order valence-electron chi connectivity index (χ4n) is 2.91. The number of sulfone groups is 1. The van der Waals surface area contributed by atoms with E-state index in [1.165, 1.54) is 6.42 Å². The second-order valence-electron chi connectivity index (χ2n) is 6.17. The van der Waals surface area contributed by atoms with Crippen LogP contribution in [0.25, 0.3) is 0 Å². The van der Waals surface area contributed by atoms with Crippen LogP contribution in [0.2, 0.25) is 0 Å². The van der Waals surface area contributed by atoms with Crippen molar-refractivity contribution in [1.29, 1.82) is 0 Å². The van der Waals surface area contributed by atoms with Gasteiger partial charge in [0.15, 0.2) is 9.84 Å². The minimum absolute atomic E-state index is 0.0848. The van der Waals surface area contributed by atoms with Crippen molar-refractivity contribution in [3.63, 3.8) is 0 Å². The molecule has 0 spiro atoms. The van der Waals surface area contributed by atoms with E-state index in [1.807, 2.05) is 11.8 Å². The minimum Gasteiger partial charge on any atom is -0.374 e. The number of hydrogen-bond donors (Lipinski definition) is 1. The van der Waals surface area contributed by atoms with Crippen molar-refractivity contribution in [1.82, 2.24) is 4.90 Å². The first-order valence-corrected chi connectivity index (χ1v) is 9.90. The summed E-state index contributed by atoms with van der Waals surface area (Å²) in [6.45, 7) is 6.39. The van der Waals surface area contributed by atoms with Crippen molar-refractivity contribution in [2.75, 3.05) is 17.6 Å². The largest absolute Gasteiger partial charge is 0.374 e. The zero-order valence-corrected chi connectivity index (χ0v) is 14.9. The topological polar surface area (TPSA) is 66.5 Å². The SMILES string of the molecule is CCS(=O)(=O)c1ccc(NC(C)C(=O)N2CCCCC2C)cc1. The summed E-state index contributed by atoms with van der Waals surface area (Å²) >= 11 is 0. The minimum atomic E-state index is -3.19. The Kier molecular flexibility index (Phi) is 5.68.